The van der Waals surface area contributed by atoms with Crippen molar-refractivity contribution in [3.05, 3.63) is 65.0 Å². The molecule has 2 amide bonds. The number of carbonyl (C=O) groups excluding carboxylic acids is 2. The molecule has 3 atom stereocenters. The van der Waals surface area contributed by atoms with Crippen molar-refractivity contribution in [3.8, 4) is 28.5 Å². The van der Waals surface area contributed by atoms with Gasteiger partial charge in [-0.15, -0.1) is 0 Å². The summed E-state index contributed by atoms with van der Waals surface area (Å²) in [6, 6.07) is 13.1. The van der Waals surface area contributed by atoms with E-state index >= 15 is 0 Å². The van der Waals surface area contributed by atoms with E-state index < -0.39 is 5.82 Å². The molecule has 0 radical (unpaired) electrons. The summed E-state index contributed by atoms with van der Waals surface area (Å²) in [6.45, 7) is 5.05. The summed E-state index contributed by atoms with van der Waals surface area (Å²) >= 11 is 0. The summed E-state index contributed by atoms with van der Waals surface area (Å²) in [7, 11) is 3.63. The van der Waals surface area contributed by atoms with Gasteiger partial charge in [-0.05, 0) is 97.4 Å². The number of aromatic nitrogens is 4. The van der Waals surface area contributed by atoms with Crippen LogP contribution in [0.1, 0.15) is 58.9 Å². The van der Waals surface area contributed by atoms with E-state index in [1.165, 1.54) is 18.9 Å². The van der Waals surface area contributed by atoms with Crippen LogP contribution in [0.4, 0.5) is 4.39 Å². The molecule has 2 aliphatic carbocycles. The number of hydrogen-bond donors (Lipinski definition) is 1. The number of carbonyl (C=O) groups is 2. The van der Waals surface area contributed by atoms with Crippen LogP contribution in [0.3, 0.4) is 0 Å². The largest absolute Gasteiger partial charge is 0.494 e. The molecule has 10 heteroatoms. The van der Waals surface area contributed by atoms with Gasteiger partial charge < -0.3 is 24.1 Å². The number of hydrogen-bond acceptors (Lipinski definition) is 5. The molecule has 9 rings (SSSR count). The summed E-state index contributed by atoms with van der Waals surface area (Å²) < 4.78 is 25.1. The van der Waals surface area contributed by atoms with Gasteiger partial charge in [0.25, 0.3) is 11.8 Å². The third kappa shape index (κ3) is 4.55. The van der Waals surface area contributed by atoms with E-state index in [1.54, 1.807) is 7.11 Å². The predicted octanol–water partition coefficient (Wildman–Crippen LogP) is 6.18. The van der Waals surface area contributed by atoms with E-state index in [0.717, 1.165) is 60.5 Å². The highest BCUT2D eigenvalue weighted by Gasteiger charge is 2.39. The lowest BCUT2D eigenvalue weighted by Gasteiger charge is -2.32. The number of benzene rings is 2. The molecule has 5 aromatic rings. The van der Waals surface area contributed by atoms with Gasteiger partial charge in [-0.25, -0.2) is 14.4 Å². The van der Waals surface area contributed by atoms with Crippen molar-refractivity contribution in [2.75, 3.05) is 20.2 Å². The monoisotopic (exact) mass is 632 g/mol. The Morgan fingerprint density at radius 1 is 1.09 bits per heavy atom. The Hall–Kier alpha value is -4.73. The van der Waals surface area contributed by atoms with Crippen molar-refractivity contribution in [2.45, 2.75) is 45.7 Å². The fraction of sp³-hybridized carbons (Fsp3) is 0.405. The minimum Gasteiger partial charge on any atom is -0.494 e. The first-order valence-electron chi connectivity index (χ1n) is 16.7. The van der Waals surface area contributed by atoms with Crippen LogP contribution in [-0.4, -0.2) is 56.0 Å². The van der Waals surface area contributed by atoms with Gasteiger partial charge in [0.1, 0.15) is 22.7 Å². The summed E-state index contributed by atoms with van der Waals surface area (Å²) in [5.41, 5.74) is 5.95. The van der Waals surface area contributed by atoms with Crippen molar-refractivity contribution >= 4 is 33.9 Å². The Balaban J connectivity index is 1.13. The van der Waals surface area contributed by atoms with Gasteiger partial charge in [0.15, 0.2) is 5.82 Å². The van der Waals surface area contributed by atoms with Crippen LogP contribution in [0, 0.1) is 29.5 Å². The van der Waals surface area contributed by atoms with Gasteiger partial charge in [0.05, 0.1) is 29.6 Å². The third-order valence-corrected chi connectivity index (χ3v) is 11.0. The van der Waals surface area contributed by atoms with Crippen LogP contribution < -0.4 is 10.1 Å². The van der Waals surface area contributed by atoms with Crippen molar-refractivity contribution in [1.29, 1.82) is 0 Å². The zero-order valence-electron chi connectivity index (χ0n) is 26.8. The van der Waals surface area contributed by atoms with Gasteiger partial charge in [0, 0.05) is 49.7 Å². The lowest BCUT2D eigenvalue weighted by molar-refractivity contribution is 0.0653. The number of fused-ring (bicyclic) bond motifs is 5. The maximum atomic E-state index is 15.0. The topological polar surface area (TPSA) is 94.3 Å². The Kier molecular flexibility index (Phi) is 6.30. The number of aryl methyl sites for hydroxylation is 1. The summed E-state index contributed by atoms with van der Waals surface area (Å²) in [5, 5.41) is 3.67. The number of rotatable bonds is 6. The second kappa shape index (κ2) is 10.4. The minimum atomic E-state index is -0.530. The number of imidazole rings is 1. The number of likely N-dealkylation sites (tertiary alicyclic amines) is 1. The van der Waals surface area contributed by atoms with Crippen LogP contribution in [0.15, 0.2) is 42.5 Å². The minimum absolute atomic E-state index is 0.0453. The average molecular weight is 633 g/mol. The zero-order valence-corrected chi connectivity index (χ0v) is 26.8. The first kappa shape index (κ1) is 28.5. The van der Waals surface area contributed by atoms with Gasteiger partial charge in [-0.3, -0.25) is 9.59 Å². The van der Waals surface area contributed by atoms with Crippen LogP contribution in [-0.2, 0) is 20.1 Å². The first-order chi connectivity index (χ1) is 22.7. The fourth-order valence-corrected chi connectivity index (χ4v) is 8.40. The Morgan fingerprint density at radius 3 is 2.72 bits per heavy atom. The predicted molar refractivity (Wildman–Crippen MR) is 177 cm³/mol. The van der Waals surface area contributed by atoms with E-state index in [2.05, 4.69) is 22.9 Å². The molecule has 3 fully saturated rings. The van der Waals surface area contributed by atoms with Crippen molar-refractivity contribution in [3.63, 3.8) is 0 Å². The molecule has 4 aliphatic rings. The highest BCUT2D eigenvalue weighted by molar-refractivity contribution is 6.01. The van der Waals surface area contributed by atoms with Gasteiger partial charge in [-0.2, -0.15) is 0 Å². The smallest absolute Gasteiger partial charge is 0.254 e. The van der Waals surface area contributed by atoms with Crippen molar-refractivity contribution in [1.82, 2.24) is 29.3 Å². The Bertz CT molecular complexity index is 2140. The number of nitrogens with zero attached hydrogens (tertiary/aromatic N) is 5. The Labute approximate surface area is 271 Å². The highest BCUT2D eigenvalue weighted by atomic mass is 19.1. The van der Waals surface area contributed by atoms with E-state index in [9.17, 15) is 14.0 Å². The maximum Gasteiger partial charge on any atom is 0.254 e. The molecule has 2 aromatic carbocycles. The molecule has 2 bridgehead atoms. The molecular weight excluding hydrogens is 595 g/mol. The first-order valence-corrected chi connectivity index (χ1v) is 16.7. The van der Waals surface area contributed by atoms with Crippen LogP contribution in [0.2, 0.25) is 0 Å². The second-order valence-corrected chi connectivity index (χ2v) is 14.2. The number of methoxy groups -OCH3 is 1. The summed E-state index contributed by atoms with van der Waals surface area (Å²) in [4.78, 5) is 38.1. The number of amides is 2. The molecule has 9 nitrogen and oxygen atoms in total. The van der Waals surface area contributed by atoms with Gasteiger partial charge in [-0.1, -0.05) is 6.92 Å². The third-order valence-electron chi connectivity index (χ3n) is 11.0. The standard InChI is InChI=1S/C37H37FN6O3/c1-19-8-21-9-26(19)18-43(16-21)37(46)24-12-29-33(31(14-24)47-3)42(2)35(41-29)30-13-22-6-7-28(40-34(22)44(30)17-20-4-5-20)23-10-25-15-39-36(45)32(25)27(38)11-23/h6-7,10-14,19-21,26H,4-5,8-9,15-18H2,1-3H3,(H,39,45)/t19-,21?,26?/m0/s1. The number of halogens is 1. The fourth-order valence-electron chi connectivity index (χ4n) is 8.40. The quantitative estimate of drug-likeness (QED) is 0.242. The van der Waals surface area contributed by atoms with E-state index in [1.807, 2.05) is 46.8 Å². The van der Waals surface area contributed by atoms with Gasteiger partial charge in [0.2, 0.25) is 0 Å². The van der Waals surface area contributed by atoms with Crippen LogP contribution >= 0.6 is 0 Å². The molecule has 5 heterocycles. The molecule has 2 unspecified atom stereocenters. The second-order valence-electron chi connectivity index (χ2n) is 14.2. The number of pyridine rings is 1. The average Bonchev–Trinajstić information content (AvgIpc) is 3.46. The molecule has 240 valence electrons. The van der Waals surface area contributed by atoms with Crippen LogP contribution in [0.25, 0.3) is 44.8 Å². The zero-order chi connectivity index (χ0) is 32.1. The molecule has 47 heavy (non-hydrogen) atoms. The highest BCUT2D eigenvalue weighted by Crippen LogP contribution is 2.42. The van der Waals surface area contributed by atoms with E-state index in [-0.39, 0.29) is 17.4 Å². The van der Waals surface area contributed by atoms with Crippen molar-refractivity contribution in [2.24, 2.45) is 30.7 Å². The molecule has 3 aromatic heterocycles. The van der Waals surface area contributed by atoms with Crippen molar-refractivity contribution < 1.29 is 18.7 Å². The molecule has 1 N–H and O–H groups in total. The lowest BCUT2D eigenvalue weighted by Crippen LogP contribution is -2.41. The van der Waals surface area contributed by atoms with Crippen LogP contribution in [0.5, 0.6) is 5.75 Å². The van der Waals surface area contributed by atoms with E-state index in [0.29, 0.717) is 63.9 Å². The molecule has 2 saturated carbocycles. The molecule has 1 saturated heterocycles. The molecule has 2 aliphatic heterocycles. The normalized spacial score (nSPS) is 21.9. The molecule has 0 spiro atoms. The maximum absolute atomic E-state index is 15.0. The SMILES string of the molecule is COc1cc(C(=O)N2CC3CC(C2)[C@@H](C)C3)cc2nc(-c3cc4ccc(-c5cc(F)c6c(c5)CNC6=O)nc4n3CC3CC3)n(C)c12. The lowest BCUT2D eigenvalue weighted by atomic mass is 9.95. The summed E-state index contributed by atoms with van der Waals surface area (Å²) in [5.74, 6) is 2.91. The summed E-state index contributed by atoms with van der Waals surface area (Å²) in [6.07, 6.45) is 4.75. The Morgan fingerprint density at radius 2 is 1.94 bits per heavy atom. The number of ether oxygens (including phenoxy) is 1. The number of piperidine rings is 1. The number of nitrogens with one attached hydrogen (secondary N) is 1. The van der Waals surface area contributed by atoms with E-state index in [4.69, 9.17) is 14.7 Å². The van der Waals surface area contributed by atoms with Gasteiger partial charge >= 0.3 is 0 Å². The molecular formula is C37H37FN6O3.